The van der Waals surface area contributed by atoms with Gasteiger partial charge in [0.05, 0.1) is 17.6 Å². The third-order valence-corrected chi connectivity index (χ3v) is 3.03. The molecule has 2 aromatic carbocycles. The molecule has 0 aliphatic heterocycles. The normalized spacial score (nSPS) is 9.88. The summed E-state index contributed by atoms with van der Waals surface area (Å²) < 4.78 is 10.2. The van der Waals surface area contributed by atoms with Crippen LogP contribution in [-0.2, 0) is 4.79 Å². The second kappa shape index (κ2) is 7.73. The van der Waals surface area contributed by atoms with Crippen LogP contribution in [-0.4, -0.2) is 30.5 Å². The highest BCUT2D eigenvalue weighted by Gasteiger charge is 2.17. The summed E-state index contributed by atoms with van der Waals surface area (Å²) in [4.78, 5) is 34.1. The second-order valence-electron chi connectivity index (χ2n) is 4.59. The summed E-state index contributed by atoms with van der Waals surface area (Å²) >= 11 is 0. The standard InChI is InChI=1S/C16H14N2O6/c1-23-13-8-4-2-6-11(13)16(20)17-15(19)10-24-14-9-5-3-7-12(14)18(21)22/h2-9H,10H2,1H3,(H,17,19,20). The minimum absolute atomic E-state index is 0.0533. The first-order valence-corrected chi connectivity index (χ1v) is 6.86. The van der Waals surface area contributed by atoms with Crippen molar-refractivity contribution in [3.8, 4) is 11.5 Å². The first-order chi connectivity index (χ1) is 11.5. The molecule has 8 nitrogen and oxygen atoms in total. The average Bonchev–Trinajstić information content (AvgIpc) is 2.60. The molecule has 1 N–H and O–H groups in total. The van der Waals surface area contributed by atoms with Crippen molar-refractivity contribution in [2.45, 2.75) is 0 Å². The van der Waals surface area contributed by atoms with Gasteiger partial charge in [-0.1, -0.05) is 24.3 Å². The van der Waals surface area contributed by atoms with Gasteiger partial charge in [0.1, 0.15) is 5.75 Å². The number of rotatable bonds is 6. The molecule has 0 aliphatic rings. The summed E-state index contributed by atoms with van der Waals surface area (Å²) in [7, 11) is 1.41. The molecule has 2 rings (SSSR count). The van der Waals surface area contributed by atoms with Crippen molar-refractivity contribution in [1.82, 2.24) is 5.32 Å². The largest absolute Gasteiger partial charge is 0.496 e. The van der Waals surface area contributed by atoms with Crippen molar-refractivity contribution in [3.63, 3.8) is 0 Å². The number of amides is 2. The highest BCUT2D eigenvalue weighted by Crippen LogP contribution is 2.25. The Balaban J connectivity index is 1.99. The van der Waals surface area contributed by atoms with E-state index in [1.165, 1.54) is 31.4 Å². The van der Waals surface area contributed by atoms with E-state index in [1.54, 1.807) is 24.3 Å². The van der Waals surface area contributed by atoms with Gasteiger partial charge in [-0.25, -0.2) is 0 Å². The molecule has 8 heteroatoms. The van der Waals surface area contributed by atoms with Crippen molar-refractivity contribution in [1.29, 1.82) is 0 Å². The van der Waals surface area contributed by atoms with Gasteiger partial charge < -0.3 is 9.47 Å². The molecular weight excluding hydrogens is 316 g/mol. The number of nitro benzene ring substituents is 1. The number of para-hydroxylation sites is 3. The Morgan fingerprint density at radius 2 is 1.71 bits per heavy atom. The zero-order valence-corrected chi connectivity index (χ0v) is 12.7. The number of imide groups is 1. The Hall–Kier alpha value is -3.42. The predicted octanol–water partition coefficient (Wildman–Crippen LogP) is 1.94. The third-order valence-electron chi connectivity index (χ3n) is 3.03. The molecule has 0 aromatic heterocycles. The van der Waals surface area contributed by atoms with Gasteiger partial charge in [-0.15, -0.1) is 0 Å². The SMILES string of the molecule is COc1ccccc1C(=O)NC(=O)COc1ccccc1[N+](=O)[O-]. The highest BCUT2D eigenvalue weighted by atomic mass is 16.6. The van der Waals surface area contributed by atoms with Crippen LogP contribution in [0.3, 0.4) is 0 Å². The van der Waals surface area contributed by atoms with Crippen LogP contribution < -0.4 is 14.8 Å². The van der Waals surface area contributed by atoms with Crippen molar-refractivity contribution in [3.05, 3.63) is 64.2 Å². The molecule has 0 saturated heterocycles. The zero-order valence-electron chi connectivity index (χ0n) is 12.7. The van der Waals surface area contributed by atoms with Gasteiger partial charge in [0.2, 0.25) is 0 Å². The number of carbonyl (C=O) groups is 2. The Labute approximate surface area is 137 Å². The van der Waals surface area contributed by atoms with Crippen LogP contribution >= 0.6 is 0 Å². The fourth-order valence-corrected chi connectivity index (χ4v) is 1.94. The molecule has 0 heterocycles. The van der Waals surface area contributed by atoms with Crippen LogP contribution in [0.15, 0.2) is 48.5 Å². The van der Waals surface area contributed by atoms with Crippen molar-refractivity contribution in [2.75, 3.05) is 13.7 Å². The fraction of sp³-hybridized carbons (Fsp3) is 0.125. The first kappa shape index (κ1) is 16.9. The van der Waals surface area contributed by atoms with Crippen LogP contribution in [0.2, 0.25) is 0 Å². The van der Waals surface area contributed by atoms with Gasteiger partial charge in [-0.2, -0.15) is 0 Å². The molecule has 0 unspecified atom stereocenters. The second-order valence-corrected chi connectivity index (χ2v) is 4.59. The monoisotopic (exact) mass is 330 g/mol. The molecule has 0 radical (unpaired) electrons. The summed E-state index contributed by atoms with van der Waals surface area (Å²) in [6.45, 7) is -0.536. The zero-order chi connectivity index (χ0) is 17.5. The van der Waals surface area contributed by atoms with E-state index in [4.69, 9.17) is 9.47 Å². The maximum absolute atomic E-state index is 12.0. The van der Waals surface area contributed by atoms with Crippen LogP contribution in [0.5, 0.6) is 11.5 Å². The van der Waals surface area contributed by atoms with Gasteiger partial charge in [-0.05, 0) is 18.2 Å². The Morgan fingerprint density at radius 3 is 2.38 bits per heavy atom. The van der Waals surface area contributed by atoms with Crippen LogP contribution in [0.4, 0.5) is 5.69 Å². The number of nitrogens with one attached hydrogen (secondary N) is 1. The van der Waals surface area contributed by atoms with Gasteiger partial charge in [0, 0.05) is 6.07 Å². The summed E-state index contributed by atoms with van der Waals surface area (Å²) in [5.74, 6) is -1.11. The topological polar surface area (TPSA) is 108 Å². The highest BCUT2D eigenvalue weighted by molar-refractivity contribution is 6.06. The summed E-state index contributed by atoms with van der Waals surface area (Å²) in [6, 6.07) is 12.1. The lowest BCUT2D eigenvalue weighted by atomic mass is 10.2. The maximum atomic E-state index is 12.0. The first-order valence-electron chi connectivity index (χ1n) is 6.86. The van der Waals surface area contributed by atoms with Gasteiger partial charge in [0.25, 0.3) is 11.8 Å². The molecule has 2 aromatic rings. The summed E-state index contributed by atoms with van der Waals surface area (Å²) in [6.07, 6.45) is 0. The van der Waals surface area contributed by atoms with E-state index in [1.807, 2.05) is 0 Å². The molecule has 0 saturated carbocycles. The lowest BCUT2D eigenvalue weighted by Gasteiger charge is -2.09. The quantitative estimate of drug-likeness (QED) is 0.640. The van der Waals surface area contributed by atoms with Crippen molar-refractivity contribution in [2.24, 2.45) is 0 Å². The van der Waals surface area contributed by atoms with Gasteiger partial charge in [0.15, 0.2) is 12.4 Å². The van der Waals surface area contributed by atoms with Crippen molar-refractivity contribution < 1.29 is 24.0 Å². The number of ether oxygens (including phenoxy) is 2. The molecule has 0 fully saturated rings. The number of hydrogen-bond acceptors (Lipinski definition) is 6. The number of methoxy groups -OCH3 is 1. The smallest absolute Gasteiger partial charge is 0.310 e. The molecule has 124 valence electrons. The summed E-state index contributed by atoms with van der Waals surface area (Å²) in [5, 5.41) is 13.0. The lowest BCUT2D eigenvalue weighted by molar-refractivity contribution is -0.385. The maximum Gasteiger partial charge on any atom is 0.310 e. The van der Waals surface area contributed by atoms with E-state index in [9.17, 15) is 19.7 Å². The Kier molecular flexibility index (Phi) is 5.45. The minimum Gasteiger partial charge on any atom is -0.496 e. The molecule has 2 amide bonds. The van der Waals surface area contributed by atoms with E-state index < -0.39 is 23.3 Å². The van der Waals surface area contributed by atoms with E-state index in [-0.39, 0.29) is 17.0 Å². The van der Waals surface area contributed by atoms with Crippen LogP contribution in [0.1, 0.15) is 10.4 Å². The van der Waals surface area contributed by atoms with E-state index in [0.717, 1.165) is 0 Å². The van der Waals surface area contributed by atoms with E-state index >= 15 is 0 Å². The molecule has 0 spiro atoms. The molecule has 0 atom stereocenters. The number of nitrogens with zero attached hydrogens (tertiary/aromatic N) is 1. The average molecular weight is 330 g/mol. The molecule has 0 bridgehead atoms. The molecule has 24 heavy (non-hydrogen) atoms. The molecule has 0 aliphatic carbocycles. The third kappa shape index (κ3) is 4.07. The van der Waals surface area contributed by atoms with E-state index in [2.05, 4.69) is 5.32 Å². The Bertz CT molecular complexity index is 775. The number of nitro groups is 1. The van der Waals surface area contributed by atoms with Gasteiger partial charge in [-0.3, -0.25) is 25.0 Å². The minimum atomic E-state index is -0.732. The molecular formula is C16H14N2O6. The summed E-state index contributed by atoms with van der Waals surface area (Å²) in [5.41, 5.74) is -0.0691. The number of benzene rings is 2. The van der Waals surface area contributed by atoms with Crippen LogP contribution in [0.25, 0.3) is 0 Å². The van der Waals surface area contributed by atoms with Crippen molar-refractivity contribution >= 4 is 17.5 Å². The van der Waals surface area contributed by atoms with E-state index in [0.29, 0.717) is 5.75 Å². The van der Waals surface area contributed by atoms with Crippen LogP contribution in [0, 0.1) is 10.1 Å². The van der Waals surface area contributed by atoms with Gasteiger partial charge >= 0.3 is 5.69 Å². The number of carbonyl (C=O) groups excluding carboxylic acids is 2. The predicted molar refractivity (Wildman–Crippen MR) is 84.1 cm³/mol. The Morgan fingerprint density at radius 1 is 1.08 bits per heavy atom. The fourth-order valence-electron chi connectivity index (χ4n) is 1.94. The lowest BCUT2D eigenvalue weighted by Crippen LogP contribution is -2.34. The number of hydrogen-bond donors (Lipinski definition) is 1.